The third-order valence-electron chi connectivity index (χ3n) is 4.69. The Morgan fingerprint density at radius 3 is 2.29 bits per heavy atom. The summed E-state index contributed by atoms with van der Waals surface area (Å²) in [7, 11) is 3.21. The summed E-state index contributed by atoms with van der Waals surface area (Å²) >= 11 is 0. The average Bonchev–Trinajstić information content (AvgIpc) is 2.72. The molecule has 3 heteroatoms. The molecule has 0 spiro atoms. The van der Waals surface area contributed by atoms with E-state index in [-0.39, 0.29) is 5.82 Å². The maximum Gasteiger partial charge on any atom is 0.168 e. The molecule has 3 rings (SSSR count). The van der Waals surface area contributed by atoms with Gasteiger partial charge in [-0.1, -0.05) is 49.1 Å². The van der Waals surface area contributed by atoms with E-state index in [0.717, 1.165) is 27.8 Å². The monoisotopic (exact) mass is 374 g/mol. The van der Waals surface area contributed by atoms with Gasteiger partial charge in [-0.05, 0) is 65.1 Å². The number of rotatable bonds is 6. The fourth-order valence-corrected chi connectivity index (χ4v) is 3.15. The summed E-state index contributed by atoms with van der Waals surface area (Å²) in [5.41, 5.74) is 5.87. The van der Waals surface area contributed by atoms with Gasteiger partial charge in [0.05, 0.1) is 14.2 Å². The van der Waals surface area contributed by atoms with Gasteiger partial charge < -0.3 is 9.47 Å². The fourth-order valence-electron chi connectivity index (χ4n) is 3.15. The van der Waals surface area contributed by atoms with Gasteiger partial charge in [-0.2, -0.15) is 0 Å². The Balaban J connectivity index is 2.20. The number of ether oxygens (including phenoxy) is 2. The summed E-state index contributed by atoms with van der Waals surface area (Å²) in [5.74, 6) is 0.936. The standard InChI is InChI=1S/C25H23FO2/c1-5-18(14-20-9-7-6-8-17(20)2)21-15-23(19-10-12-22(26)13-11-19)25(28-4)24(16-21)27-3/h5-16H,1H2,2-4H3/b18-14+. The zero-order valence-electron chi connectivity index (χ0n) is 16.3. The van der Waals surface area contributed by atoms with Crippen molar-refractivity contribution in [2.24, 2.45) is 0 Å². The molecule has 0 radical (unpaired) electrons. The van der Waals surface area contributed by atoms with E-state index in [1.54, 1.807) is 26.4 Å². The minimum Gasteiger partial charge on any atom is -0.493 e. The molecule has 0 aromatic heterocycles. The highest BCUT2D eigenvalue weighted by Gasteiger charge is 2.15. The first-order valence-electron chi connectivity index (χ1n) is 8.99. The largest absolute Gasteiger partial charge is 0.493 e. The van der Waals surface area contributed by atoms with Crippen LogP contribution in [0.2, 0.25) is 0 Å². The molecule has 0 amide bonds. The van der Waals surface area contributed by atoms with Gasteiger partial charge in [0.2, 0.25) is 0 Å². The molecular weight excluding hydrogens is 351 g/mol. The lowest BCUT2D eigenvalue weighted by atomic mass is 9.95. The number of aryl methyl sites for hydroxylation is 1. The molecule has 0 fully saturated rings. The number of methoxy groups -OCH3 is 2. The Labute approximate surface area is 165 Å². The summed E-state index contributed by atoms with van der Waals surface area (Å²) in [4.78, 5) is 0. The first-order valence-corrected chi connectivity index (χ1v) is 8.99. The van der Waals surface area contributed by atoms with Gasteiger partial charge in [0.15, 0.2) is 11.5 Å². The van der Waals surface area contributed by atoms with Crippen LogP contribution in [0.5, 0.6) is 11.5 Å². The molecule has 2 nitrogen and oxygen atoms in total. The highest BCUT2D eigenvalue weighted by Crippen LogP contribution is 2.41. The second kappa shape index (κ2) is 8.57. The highest BCUT2D eigenvalue weighted by molar-refractivity contribution is 5.91. The first-order chi connectivity index (χ1) is 13.6. The zero-order valence-corrected chi connectivity index (χ0v) is 16.3. The number of allylic oxidation sites excluding steroid dienone is 2. The zero-order chi connectivity index (χ0) is 20.1. The average molecular weight is 374 g/mol. The topological polar surface area (TPSA) is 18.5 Å². The fraction of sp³-hybridized carbons (Fsp3) is 0.120. The van der Waals surface area contributed by atoms with Crippen LogP contribution in [0, 0.1) is 12.7 Å². The Morgan fingerprint density at radius 2 is 1.68 bits per heavy atom. The van der Waals surface area contributed by atoms with E-state index in [0.29, 0.717) is 11.5 Å². The van der Waals surface area contributed by atoms with Crippen molar-refractivity contribution in [2.75, 3.05) is 14.2 Å². The van der Waals surface area contributed by atoms with Crippen molar-refractivity contribution < 1.29 is 13.9 Å². The molecule has 0 unspecified atom stereocenters. The van der Waals surface area contributed by atoms with Crippen molar-refractivity contribution in [3.8, 4) is 22.6 Å². The van der Waals surface area contributed by atoms with E-state index < -0.39 is 0 Å². The summed E-state index contributed by atoms with van der Waals surface area (Å²) in [5, 5.41) is 0. The molecule has 0 aliphatic heterocycles. The lowest BCUT2D eigenvalue weighted by molar-refractivity contribution is 0.356. The molecule has 3 aromatic rings. The molecule has 0 aliphatic carbocycles. The number of benzene rings is 3. The van der Waals surface area contributed by atoms with Crippen LogP contribution >= 0.6 is 0 Å². The molecule has 0 heterocycles. The Bertz CT molecular complexity index is 1020. The Morgan fingerprint density at radius 1 is 0.964 bits per heavy atom. The third kappa shape index (κ3) is 3.99. The van der Waals surface area contributed by atoms with Crippen LogP contribution in [-0.2, 0) is 0 Å². The van der Waals surface area contributed by atoms with Crippen LogP contribution in [0.25, 0.3) is 22.8 Å². The molecule has 28 heavy (non-hydrogen) atoms. The minimum absolute atomic E-state index is 0.280. The molecule has 0 aliphatic rings. The van der Waals surface area contributed by atoms with Crippen molar-refractivity contribution in [3.63, 3.8) is 0 Å². The van der Waals surface area contributed by atoms with Gasteiger partial charge in [-0.3, -0.25) is 0 Å². The normalized spacial score (nSPS) is 11.2. The van der Waals surface area contributed by atoms with Crippen molar-refractivity contribution in [3.05, 3.63) is 95.8 Å². The molecule has 3 aromatic carbocycles. The number of hydrogen-bond acceptors (Lipinski definition) is 2. The van der Waals surface area contributed by atoms with Gasteiger partial charge in [-0.25, -0.2) is 4.39 Å². The van der Waals surface area contributed by atoms with Crippen molar-refractivity contribution in [2.45, 2.75) is 6.92 Å². The lowest BCUT2D eigenvalue weighted by Gasteiger charge is -2.16. The van der Waals surface area contributed by atoms with Crippen LogP contribution in [0.4, 0.5) is 4.39 Å². The molecule has 142 valence electrons. The summed E-state index contributed by atoms with van der Waals surface area (Å²) < 4.78 is 24.6. The third-order valence-corrected chi connectivity index (χ3v) is 4.69. The smallest absolute Gasteiger partial charge is 0.168 e. The van der Waals surface area contributed by atoms with Gasteiger partial charge in [0, 0.05) is 5.56 Å². The summed E-state index contributed by atoms with van der Waals surface area (Å²) in [6.45, 7) is 6.06. The number of halogens is 1. The van der Waals surface area contributed by atoms with Crippen molar-refractivity contribution in [1.29, 1.82) is 0 Å². The second-order valence-corrected chi connectivity index (χ2v) is 6.43. The van der Waals surface area contributed by atoms with Crippen molar-refractivity contribution >= 4 is 11.6 Å². The number of hydrogen-bond donors (Lipinski definition) is 0. The maximum atomic E-state index is 13.4. The molecule has 0 saturated carbocycles. The Hall–Kier alpha value is -3.33. The summed E-state index contributed by atoms with van der Waals surface area (Å²) in [6.07, 6.45) is 3.92. The maximum absolute atomic E-state index is 13.4. The molecular formula is C25H23FO2. The van der Waals surface area contributed by atoms with Crippen LogP contribution in [-0.4, -0.2) is 14.2 Å². The molecule has 0 saturated heterocycles. The predicted molar refractivity (Wildman–Crippen MR) is 114 cm³/mol. The van der Waals surface area contributed by atoms with E-state index in [1.165, 1.54) is 17.7 Å². The Kier molecular flexibility index (Phi) is 5.95. The predicted octanol–water partition coefficient (Wildman–Crippen LogP) is 6.54. The summed E-state index contributed by atoms with van der Waals surface area (Å²) in [6, 6.07) is 18.5. The van der Waals surface area contributed by atoms with Gasteiger partial charge in [0.25, 0.3) is 0 Å². The van der Waals surface area contributed by atoms with Gasteiger partial charge in [-0.15, -0.1) is 0 Å². The first kappa shape index (κ1) is 19.4. The van der Waals surface area contributed by atoms with Gasteiger partial charge in [0.1, 0.15) is 5.82 Å². The molecule has 0 bridgehead atoms. The second-order valence-electron chi connectivity index (χ2n) is 6.43. The van der Waals surface area contributed by atoms with Crippen molar-refractivity contribution in [1.82, 2.24) is 0 Å². The van der Waals surface area contributed by atoms with Crippen LogP contribution in [0.3, 0.4) is 0 Å². The minimum atomic E-state index is -0.280. The molecule has 0 N–H and O–H groups in total. The quantitative estimate of drug-likeness (QED) is 0.360. The van der Waals surface area contributed by atoms with E-state index in [9.17, 15) is 4.39 Å². The van der Waals surface area contributed by atoms with E-state index in [1.807, 2.05) is 30.3 Å². The highest BCUT2D eigenvalue weighted by atomic mass is 19.1. The molecule has 0 atom stereocenters. The van der Waals surface area contributed by atoms with Crippen LogP contribution in [0.15, 0.2) is 73.3 Å². The van der Waals surface area contributed by atoms with Crippen LogP contribution in [0.1, 0.15) is 16.7 Å². The van der Waals surface area contributed by atoms with E-state index in [4.69, 9.17) is 9.47 Å². The van der Waals surface area contributed by atoms with Gasteiger partial charge >= 0.3 is 0 Å². The lowest BCUT2D eigenvalue weighted by Crippen LogP contribution is -1.96. The SMILES string of the molecule is C=C/C(=C\c1ccccc1C)c1cc(OC)c(OC)c(-c2ccc(F)cc2)c1. The van der Waals surface area contributed by atoms with E-state index in [2.05, 4.69) is 31.7 Å². The van der Waals surface area contributed by atoms with E-state index >= 15 is 0 Å². The van der Waals surface area contributed by atoms with Crippen LogP contribution < -0.4 is 9.47 Å².